The van der Waals surface area contributed by atoms with Crippen LogP contribution in [0.3, 0.4) is 0 Å². The molecular formula is C21H30N4O3. The Morgan fingerprint density at radius 1 is 1.04 bits per heavy atom. The molecule has 2 aliphatic rings. The van der Waals surface area contributed by atoms with E-state index in [4.69, 9.17) is 16.2 Å². The summed E-state index contributed by atoms with van der Waals surface area (Å²) in [6.07, 6.45) is 4.52. The van der Waals surface area contributed by atoms with Crippen LogP contribution in [0.4, 0.5) is 5.69 Å². The number of hydrogen-bond acceptors (Lipinski definition) is 4. The monoisotopic (exact) mass is 386 g/mol. The summed E-state index contributed by atoms with van der Waals surface area (Å²) in [5.74, 6) is -0.662. The third-order valence-electron chi connectivity index (χ3n) is 6.33. The van der Waals surface area contributed by atoms with E-state index in [0.717, 1.165) is 44.5 Å². The molecule has 0 bridgehead atoms. The summed E-state index contributed by atoms with van der Waals surface area (Å²) in [6.45, 7) is 1.66. The second-order valence-electron chi connectivity index (χ2n) is 8.01. The quantitative estimate of drug-likeness (QED) is 0.531. The van der Waals surface area contributed by atoms with Crippen LogP contribution in [-0.2, 0) is 9.59 Å². The molecule has 2 fully saturated rings. The van der Waals surface area contributed by atoms with E-state index in [0.29, 0.717) is 18.4 Å². The number of amides is 1. The standard InChI is InChI=1S/C21H30N4O3/c1-24(17-6-4-16(5-7-17)21(27)28)20(26)15-10-12-25(13-11-15)18-8-2-14(3-9-18)19(22)23/h2-3,8-9,15-17H,4-7,10-13H2,1H3,(H3,22,23)(H,27,28)/t16-,17-. The number of carboxylic acid groups (broad SMARTS) is 1. The highest BCUT2D eigenvalue weighted by atomic mass is 16.4. The first-order valence-electron chi connectivity index (χ1n) is 10.1. The van der Waals surface area contributed by atoms with Crippen molar-refractivity contribution in [1.29, 1.82) is 5.41 Å². The van der Waals surface area contributed by atoms with Crippen LogP contribution in [0.5, 0.6) is 0 Å². The van der Waals surface area contributed by atoms with Crippen molar-refractivity contribution in [3.05, 3.63) is 29.8 Å². The van der Waals surface area contributed by atoms with E-state index in [1.807, 2.05) is 36.2 Å². The average molecular weight is 386 g/mol. The van der Waals surface area contributed by atoms with Gasteiger partial charge in [0.25, 0.3) is 0 Å². The summed E-state index contributed by atoms with van der Waals surface area (Å²) in [6, 6.07) is 7.84. The molecule has 4 N–H and O–H groups in total. The molecule has 7 nitrogen and oxygen atoms in total. The van der Waals surface area contributed by atoms with Crippen LogP contribution in [0.1, 0.15) is 44.1 Å². The van der Waals surface area contributed by atoms with E-state index in [1.165, 1.54) is 0 Å². The number of anilines is 1. The number of nitrogen functional groups attached to an aromatic ring is 1. The van der Waals surface area contributed by atoms with Crippen molar-refractivity contribution in [2.24, 2.45) is 17.6 Å². The molecule has 152 valence electrons. The summed E-state index contributed by atoms with van der Waals surface area (Å²) in [4.78, 5) is 28.2. The van der Waals surface area contributed by atoms with Crippen LogP contribution in [0.15, 0.2) is 24.3 Å². The summed E-state index contributed by atoms with van der Waals surface area (Å²) in [7, 11) is 1.88. The second kappa shape index (κ2) is 8.63. The van der Waals surface area contributed by atoms with Crippen molar-refractivity contribution in [2.75, 3.05) is 25.0 Å². The molecule has 1 aliphatic heterocycles. The van der Waals surface area contributed by atoms with Gasteiger partial charge >= 0.3 is 5.97 Å². The van der Waals surface area contributed by atoms with Crippen molar-refractivity contribution >= 4 is 23.4 Å². The van der Waals surface area contributed by atoms with Crippen molar-refractivity contribution in [3.8, 4) is 0 Å². The molecule has 1 aromatic carbocycles. The predicted octanol–water partition coefficient (Wildman–Crippen LogP) is 2.29. The molecule has 1 saturated carbocycles. The number of nitrogens with zero attached hydrogens (tertiary/aromatic N) is 2. The summed E-state index contributed by atoms with van der Waals surface area (Å²) >= 11 is 0. The Bertz CT molecular complexity index is 718. The Morgan fingerprint density at radius 3 is 2.11 bits per heavy atom. The smallest absolute Gasteiger partial charge is 0.306 e. The molecule has 7 heteroatoms. The number of aliphatic carboxylic acids is 1. The first kappa shape index (κ1) is 20.2. The van der Waals surface area contributed by atoms with Gasteiger partial charge in [0, 0.05) is 43.3 Å². The van der Waals surface area contributed by atoms with Gasteiger partial charge in [-0.3, -0.25) is 15.0 Å². The van der Waals surface area contributed by atoms with Gasteiger partial charge in [-0.2, -0.15) is 0 Å². The first-order valence-corrected chi connectivity index (χ1v) is 10.1. The molecule has 1 saturated heterocycles. The fraction of sp³-hybridized carbons (Fsp3) is 0.571. The Balaban J connectivity index is 1.50. The molecule has 0 aromatic heterocycles. The molecule has 3 rings (SSSR count). The maximum Gasteiger partial charge on any atom is 0.306 e. The van der Waals surface area contributed by atoms with Gasteiger partial charge in [0.2, 0.25) is 5.91 Å². The Hall–Kier alpha value is -2.57. The molecule has 1 aliphatic carbocycles. The molecule has 1 amide bonds. The lowest BCUT2D eigenvalue weighted by molar-refractivity contribution is -0.143. The number of hydrogen-bond donors (Lipinski definition) is 3. The maximum atomic E-state index is 12.9. The number of piperidine rings is 1. The summed E-state index contributed by atoms with van der Waals surface area (Å²) in [5, 5.41) is 16.6. The van der Waals surface area contributed by atoms with E-state index in [9.17, 15) is 9.59 Å². The Morgan fingerprint density at radius 2 is 1.61 bits per heavy atom. The number of benzene rings is 1. The third-order valence-corrected chi connectivity index (χ3v) is 6.33. The lowest BCUT2D eigenvalue weighted by atomic mass is 9.84. The van der Waals surface area contributed by atoms with Gasteiger partial charge in [0.15, 0.2) is 0 Å². The number of amidine groups is 1. The van der Waals surface area contributed by atoms with E-state index >= 15 is 0 Å². The van der Waals surface area contributed by atoms with Gasteiger partial charge in [-0.25, -0.2) is 0 Å². The van der Waals surface area contributed by atoms with Gasteiger partial charge in [-0.1, -0.05) is 0 Å². The lowest BCUT2D eigenvalue weighted by Crippen LogP contribution is -2.46. The molecule has 0 spiro atoms. The van der Waals surface area contributed by atoms with Crippen LogP contribution < -0.4 is 10.6 Å². The zero-order valence-electron chi connectivity index (χ0n) is 16.4. The highest BCUT2D eigenvalue weighted by Gasteiger charge is 2.33. The molecule has 0 radical (unpaired) electrons. The van der Waals surface area contributed by atoms with Crippen LogP contribution in [-0.4, -0.2) is 53.9 Å². The summed E-state index contributed by atoms with van der Waals surface area (Å²) < 4.78 is 0. The molecule has 1 heterocycles. The maximum absolute atomic E-state index is 12.9. The number of nitrogens with one attached hydrogen (secondary N) is 1. The van der Waals surface area contributed by atoms with Gasteiger partial charge in [0.05, 0.1) is 5.92 Å². The van der Waals surface area contributed by atoms with Crippen LogP contribution >= 0.6 is 0 Å². The summed E-state index contributed by atoms with van der Waals surface area (Å²) in [5.41, 5.74) is 7.31. The third kappa shape index (κ3) is 4.46. The largest absolute Gasteiger partial charge is 0.481 e. The van der Waals surface area contributed by atoms with E-state index < -0.39 is 5.97 Å². The van der Waals surface area contributed by atoms with Crippen LogP contribution in [0.2, 0.25) is 0 Å². The van der Waals surface area contributed by atoms with Gasteiger partial charge in [-0.05, 0) is 62.8 Å². The fourth-order valence-corrected chi connectivity index (χ4v) is 4.41. The zero-order chi connectivity index (χ0) is 20.3. The predicted molar refractivity (Wildman–Crippen MR) is 109 cm³/mol. The normalized spacial score (nSPS) is 23.2. The number of carbonyl (C=O) groups is 2. The molecule has 0 atom stereocenters. The highest BCUT2D eigenvalue weighted by molar-refractivity contribution is 5.95. The van der Waals surface area contributed by atoms with Crippen molar-refractivity contribution < 1.29 is 14.7 Å². The molecule has 0 unspecified atom stereocenters. The lowest BCUT2D eigenvalue weighted by Gasteiger charge is -2.38. The number of nitrogens with two attached hydrogens (primary N) is 1. The van der Waals surface area contributed by atoms with Crippen LogP contribution in [0.25, 0.3) is 0 Å². The van der Waals surface area contributed by atoms with Gasteiger partial charge in [0.1, 0.15) is 5.84 Å². The van der Waals surface area contributed by atoms with Gasteiger partial charge in [-0.15, -0.1) is 0 Å². The van der Waals surface area contributed by atoms with E-state index in [1.54, 1.807) is 0 Å². The topological polar surface area (TPSA) is 111 Å². The SMILES string of the molecule is CN(C(=O)C1CCN(c2ccc(C(=N)N)cc2)CC1)[C@H]1CC[C@H](C(=O)O)CC1. The second-order valence-corrected chi connectivity index (χ2v) is 8.01. The minimum atomic E-state index is -0.712. The van der Waals surface area contributed by atoms with Gasteiger partial charge < -0.3 is 20.6 Å². The molecule has 1 aromatic rings. The number of rotatable bonds is 5. The highest BCUT2D eigenvalue weighted by Crippen LogP contribution is 2.30. The van der Waals surface area contributed by atoms with Crippen LogP contribution in [0, 0.1) is 17.2 Å². The van der Waals surface area contributed by atoms with E-state index in [2.05, 4.69) is 4.90 Å². The Labute approximate surface area is 166 Å². The van der Waals surface area contributed by atoms with E-state index in [-0.39, 0.29) is 29.6 Å². The Kier molecular flexibility index (Phi) is 6.21. The van der Waals surface area contributed by atoms with Crippen molar-refractivity contribution in [1.82, 2.24) is 4.90 Å². The minimum absolute atomic E-state index is 0.0370. The van der Waals surface area contributed by atoms with Crippen molar-refractivity contribution in [2.45, 2.75) is 44.6 Å². The number of carboxylic acids is 1. The number of carbonyl (C=O) groups excluding carboxylic acids is 1. The molecular weight excluding hydrogens is 356 g/mol. The fourth-order valence-electron chi connectivity index (χ4n) is 4.41. The minimum Gasteiger partial charge on any atom is -0.481 e. The first-order chi connectivity index (χ1) is 13.4. The zero-order valence-corrected chi connectivity index (χ0v) is 16.4. The molecule has 28 heavy (non-hydrogen) atoms. The van der Waals surface area contributed by atoms with Crippen molar-refractivity contribution in [3.63, 3.8) is 0 Å². The average Bonchev–Trinajstić information content (AvgIpc) is 2.73.